The topological polar surface area (TPSA) is 70.8 Å². The number of nitrogens with two attached hydrogens (primary N) is 1. The summed E-state index contributed by atoms with van der Waals surface area (Å²) in [5.41, 5.74) is 5.18. The van der Waals surface area contributed by atoms with Gasteiger partial charge in [-0.1, -0.05) is 13.3 Å². The lowest BCUT2D eigenvalue weighted by Crippen LogP contribution is -2.50. The average Bonchev–Trinajstić information content (AvgIpc) is 2.18. The van der Waals surface area contributed by atoms with Crippen molar-refractivity contribution >= 4 is 14.7 Å². The number of carbonyl (C=O) groups is 1. The second kappa shape index (κ2) is 7.78. The Hall–Kier alpha value is -0.433. The highest BCUT2D eigenvalue weighted by Gasteiger charge is 2.42. The van der Waals surface area contributed by atoms with Crippen LogP contribution in [-0.4, -0.2) is 34.0 Å². The zero-order valence-electron chi connectivity index (χ0n) is 10.6. The number of carbonyl (C=O) groups excluding carboxylic acids is 1. The molecule has 0 aliphatic heterocycles. The molecule has 0 aromatic heterocycles. The van der Waals surface area contributed by atoms with Gasteiger partial charge in [0, 0.05) is 19.3 Å². The van der Waals surface area contributed by atoms with Gasteiger partial charge in [-0.05, 0) is 20.8 Å². The third-order valence-electron chi connectivity index (χ3n) is 2.04. The third-order valence-corrected chi connectivity index (χ3v) is 5.32. The Morgan fingerprint density at radius 3 is 2.06 bits per heavy atom. The van der Waals surface area contributed by atoms with Crippen LogP contribution >= 0.6 is 0 Å². The van der Waals surface area contributed by atoms with Gasteiger partial charge in [-0.15, -0.1) is 0 Å². The van der Waals surface area contributed by atoms with Gasteiger partial charge in [-0.2, -0.15) is 0 Å². The van der Waals surface area contributed by atoms with Gasteiger partial charge in [0.15, 0.2) is 0 Å². The van der Waals surface area contributed by atoms with E-state index in [-0.39, 0.29) is 0 Å². The summed E-state index contributed by atoms with van der Waals surface area (Å²) in [5, 5.41) is 0. The summed E-state index contributed by atoms with van der Waals surface area (Å²) in [7, 11) is -2.72. The molecule has 0 aliphatic carbocycles. The molecule has 1 atom stereocenters. The van der Waals surface area contributed by atoms with Gasteiger partial charge in [-0.25, -0.2) is 0 Å². The van der Waals surface area contributed by atoms with E-state index in [1.54, 1.807) is 6.92 Å². The van der Waals surface area contributed by atoms with Crippen LogP contribution in [0.3, 0.4) is 0 Å². The second-order valence-corrected chi connectivity index (χ2v) is 6.14. The second-order valence-electron chi connectivity index (χ2n) is 3.46. The van der Waals surface area contributed by atoms with Crippen molar-refractivity contribution in [2.24, 2.45) is 5.73 Å². The summed E-state index contributed by atoms with van der Waals surface area (Å²) in [6.07, 6.45) is 0.217. The highest BCUT2D eigenvalue weighted by atomic mass is 28.4. The predicted molar refractivity (Wildman–Crippen MR) is 63.8 cm³/mol. The van der Waals surface area contributed by atoms with E-state index in [0.717, 1.165) is 6.42 Å². The average molecular weight is 249 g/mol. The van der Waals surface area contributed by atoms with E-state index in [9.17, 15) is 4.79 Å². The van der Waals surface area contributed by atoms with Crippen molar-refractivity contribution in [3.8, 4) is 0 Å². The van der Waals surface area contributed by atoms with Crippen LogP contribution in [0, 0.1) is 0 Å². The Balaban J connectivity index is 4.64. The molecule has 0 spiro atoms. The van der Waals surface area contributed by atoms with Crippen LogP contribution in [0.4, 0.5) is 0 Å². The first-order chi connectivity index (χ1) is 7.51. The fourth-order valence-electron chi connectivity index (χ4n) is 1.39. The van der Waals surface area contributed by atoms with Crippen molar-refractivity contribution in [3.63, 3.8) is 0 Å². The molecule has 16 heavy (non-hydrogen) atoms. The van der Waals surface area contributed by atoms with Gasteiger partial charge in [-0.3, -0.25) is 4.79 Å². The van der Waals surface area contributed by atoms with Crippen LogP contribution in [0.5, 0.6) is 0 Å². The molecule has 0 saturated heterocycles. The van der Waals surface area contributed by atoms with Gasteiger partial charge in [0.05, 0.1) is 0 Å². The molecule has 0 aliphatic rings. The Morgan fingerprint density at radius 2 is 1.75 bits per heavy atom. The minimum atomic E-state index is -2.72. The molecule has 0 heterocycles. The molecule has 1 amide bonds. The summed E-state index contributed by atoms with van der Waals surface area (Å²) in [6, 6.07) is 0.701. The summed E-state index contributed by atoms with van der Waals surface area (Å²) in [5.74, 6) is -0.493. The minimum absolute atomic E-state index is 0.493. The van der Waals surface area contributed by atoms with Crippen molar-refractivity contribution in [1.29, 1.82) is 0 Å². The van der Waals surface area contributed by atoms with Crippen molar-refractivity contribution in [2.45, 2.75) is 46.3 Å². The smallest absolute Gasteiger partial charge is 0.374 e. The lowest BCUT2D eigenvalue weighted by molar-refractivity contribution is -0.126. The summed E-state index contributed by atoms with van der Waals surface area (Å²) < 4.78 is 16.9. The molecule has 0 rings (SSSR count). The van der Waals surface area contributed by atoms with E-state index in [2.05, 4.69) is 0 Å². The number of rotatable bonds is 9. The lowest BCUT2D eigenvalue weighted by atomic mass is 10.4. The van der Waals surface area contributed by atoms with E-state index in [4.69, 9.17) is 19.0 Å². The number of primary amides is 1. The minimum Gasteiger partial charge on any atom is -0.374 e. The van der Waals surface area contributed by atoms with E-state index < -0.39 is 20.8 Å². The molecule has 2 N–H and O–H groups in total. The quantitative estimate of drug-likeness (QED) is 0.625. The Bertz CT molecular complexity index is 196. The van der Waals surface area contributed by atoms with Crippen molar-refractivity contribution < 1.29 is 18.1 Å². The maximum atomic E-state index is 11.0. The molecule has 0 bridgehead atoms. The van der Waals surface area contributed by atoms with Gasteiger partial charge in [0.2, 0.25) is 5.91 Å². The van der Waals surface area contributed by atoms with Crippen molar-refractivity contribution in [1.82, 2.24) is 0 Å². The number of hydrogen-bond acceptors (Lipinski definition) is 4. The molecule has 6 heteroatoms. The lowest BCUT2D eigenvalue weighted by Gasteiger charge is -2.30. The van der Waals surface area contributed by atoms with Crippen LogP contribution in [-0.2, 0) is 18.1 Å². The summed E-state index contributed by atoms with van der Waals surface area (Å²) >= 11 is 0. The standard InChI is InChI=1S/C10H23NO4Si/c1-5-8-16(13-6-2,14-7-3)15-9(4)10(11)12/h9H,5-8H2,1-4H3,(H2,11,12). The molecule has 0 aromatic rings. The Kier molecular flexibility index (Phi) is 7.57. The van der Waals surface area contributed by atoms with Gasteiger partial charge < -0.3 is 19.0 Å². The van der Waals surface area contributed by atoms with E-state index in [1.807, 2.05) is 20.8 Å². The Morgan fingerprint density at radius 1 is 1.25 bits per heavy atom. The monoisotopic (exact) mass is 249 g/mol. The molecule has 0 radical (unpaired) electrons. The van der Waals surface area contributed by atoms with Crippen LogP contribution < -0.4 is 5.73 Å². The first-order valence-corrected chi connectivity index (χ1v) is 7.69. The van der Waals surface area contributed by atoms with Gasteiger partial charge in [0.1, 0.15) is 6.10 Å². The molecule has 0 fully saturated rings. The van der Waals surface area contributed by atoms with Crippen LogP contribution in [0.15, 0.2) is 0 Å². The fourth-order valence-corrected chi connectivity index (χ4v) is 4.16. The first kappa shape index (κ1) is 15.6. The van der Waals surface area contributed by atoms with Crippen LogP contribution in [0.1, 0.15) is 34.1 Å². The zero-order chi connectivity index (χ0) is 12.6. The van der Waals surface area contributed by atoms with Gasteiger partial charge in [0.25, 0.3) is 0 Å². The maximum absolute atomic E-state index is 11.0. The van der Waals surface area contributed by atoms with E-state index in [1.165, 1.54) is 0 Å². The summed E-state index contributed by atoms with van der Waals surface area (Å²) in [4.78, 5) is 11.0. The molecule has 5 nitrogen and oxygen atoms in total. The molecule has 0 aromatic carbocycles. The van der Waals surface area contributed by atoms with E-state index in [0.29, 0.717) is 19.3 Å². The van der Waals surface area contributed by atoms with Crippen molar-refractivity contribution in [2.75, 3.05) is 13.2 Å². The molecular formula is C10H23NO4Si. The first-order valence-electron chi connectivity index (χ1n) is 5.76. The largest absolute Gasteiger partial charge is 0.501 e. The SMILES string of the molecule is CCC[Si](OCC)(OCC)OC(C)C(N)=O. The van der Waals surface area contributed by atoms with Crippen LogP contribution in [0.2, 0.25) is 6.04 Å². The number of hydrogen-bond donors (Lipinski definition) is 1. The Labute approximate surface area is 98.6 Å². The normalized spacial score (nSPS) is 13.8. The van der Waals surface area contributed by atoms with Gasteiger partial charge >= 0.3 is 8.80 Å². The summed E-state index contributed by atoms with van der Waals surface area (Å²) in [6.45, 7) is 8.44. The molecule has 1 unspecified atom stereocenters. The molecule has 96 valence electrons. The molecule has 0 saturated carbocycles. The van der Waals surface area contributed by atoms with Crippen LogP contribution in [0.25, 0.3) is 0 Å². The molecular weight excluding hydrogens is 226 g/mol. The highest BCUT2D eigenvalue weighted by molar-refractivity contribution is 6.60. The zero-order valence-corrected chi connectivity index (χ0v) is 11.6. The van der Waals surface area contributed by atoms with Crippen molar-refractivity contribution in [3.05, 3.63) is 0 Å². The maximum Gasteiger partial charge on any atom is 0.501 e. The van der Waals surface area contributed by atoms with E-state index >= 15 is 0 Å². The highest BCUT2D eigenvalue weighted by Crippen LogP contribution is 2.19. The third kappa shape index (κ3) is 5.07. The number of amides is 1. The predicted octanol–water partition coefficient (Wildman–Crippen LogP) is 1.30. The fraction of sp³-hybridized carbons (Fsp3) is 0.900.